The Balaban J connectivity index is 1.54. The molecule has 0 radical (unpaired) electrons. The topological polar surface area (TPSA) is 41.5 Å². The Kier molecular flexibility index (Phi) is 3.50. The number of aromatic hydroxyl groups is 1. The molecule has 0 aromatic heterocycles. The fourth-order valence-corrected chi connectivity index (χ4v) is 2.68. The van der Waals surface area contributed by atoms with Gasteiger partial charge in [0.25, 0.3) is 0 Å². The molecule has 104 valence electrons. The van der Waals surface area contributed by atoms with Crippen molar-refractivity contribution in [2.75, 3.05) is 12.4 Å². The smallest absolute Gasteiger partial charge is 0.118 e. The number of phenols is 1. The third kappa shape index (κ3) is 2.72. The van der Waals surface area contributed by atoms with Crippen LogP contribution in [0.2, 0.25) is 0 Å². The van der Waals surface area contributed by atoms with Crippen molar-refractivity contribution in [1.82, 2.24) is 0 Å². The average molecular weight is 269 g/mol. The molecule has 0 aliphatic heterocycles. The summed E-state index contributed by atoms with van der Waals surface area (Å²) in [6.45, 7) is 0. The molecule has 2 aromatic carbocycles. The van der Waals surface area contributed by atoms with E-state index in [0.29, 0.717) is 17.7 Å². The van der Waals surface area contributed by atoms with Crippen LogP contribution in [0, 0.1) is 0 Å². The number of hydrogen-bond donors (Lipinski definition) is 2. The first-order valence-corrected chi connectivity index (χ1v) is 6.94. The molecule has 0 spiro atoms. The lowest BCUT2D eigenvalue weighted by molar-refractivity contribution is 0.373. The van der Waals surface area contributed by atoms with Gasteiger partial charge in [-0.3, -0.25) is 0 Å². The van der Waals surface area contributed by atoms with Crippen LogP contribution < -0.4 is 10.1 Å². The molecule has 3 rings (SSSR count). The van der Waals surface area contributed by atoms with Gasteiger partial charge in [-0.25, -0.2) is 0 Å². The maximum atomic E-state index is 9.26. The second kappa shape index (κ2) is 5.45. The van der Waals surface area contributed by atoms with Crippen LogP contribution in [0.5, 0.6) is 11.5 Å². The fourth-order valence-electron chi connectivity index (χ4n) is 2.68. The van der Waals surface area contributed by atoms with Crippen molar-refractivity contribution in [3.63, 3.8) is 0 Å². The third-order valence-electron chi connectivity index (χ3n) is 3.96. The first kappa shape index (κ1) is 12.9. The molecule has 2 aromatic rings. The minimum Gasteiger partial charge on any atom is -0.508 e. The Morgan fingerprint density at radius 1 is 1.00 bits per heavy atom. The molecule has 0 heterocycles. The molecular weight excluding hydrogens is 250 g/mol. The van der Waals surface area contributed by atoms with Crippen molar-refractivity contribution < 1.29 is 9.84 Å². The van der Waals surface area contributed by atoms with Crippen LogP contribution >= 0.6 is 0 Å². The molecule has 1 aliphatic rings. The minimum absolute atomic E-state index is 0.306. The van der Waals surface area contributed by atoms with Crippen molar-refractivity contribution in [3.05, 3.63) is 54.1 Å². The highest BCUT2D eigenvalue weighted by atomic mass is 16.5. The van der Waals surface area contributed by atoms with Gasteiger partial charge in [0.2, 0.25) is 0 Å². The van der Waals surface area contributed by atoms with E-state index in [1.807, 2.05) is 24.3 Å². The van der Waals surface area contributed by atoms with E-state index in [1.54, 1.807) is 19.2 Å². The van der Waals surface area contributed by atoms with E-state index in [4.69, 9.17) is 4.74 Å². The van der Waals surface area contributed by atoms with Crippen molar-refractivity contribution in [2.45, 2.75) is 24.8 Å². The van der Waals surface area contributed by atoms with Gasteiger partial charge < -0.3 is 15.2 Å². The Morgan fingerprint density at radius 3 is 2.25 bits per heavy atom. The van der Waals surface area contributed by atoms with Gasteiger partial charge in [0.05, 0.1) is 7.11 Å². The van der Waals surface area contributed by atoms with Crippen LogP contribution in [-0.2, 0) is 0 Å². The predicted octanol–water partition coefficient (Wildman–Crippen LogP) is 3.76. The number of anilines is 1. The lowest BCUT2D eigenvalue weighted by atomic mass is 9.76. The largest absolute Gasteiger partial charge is 0.508 e. The van der Waals surface area contributed by atoms with E-state index < -0.39 is 0 Å². The number of nitrogens with one attached hydrogen (secondary N) is 1. The molecule has 0 bridgehead atoms. The summed E-state index contributed by atoms with van der Waals surface area (Å²) in [5.41, 5.74) is 2.45. The Hall–Kier alpha value is -2.16. The summed E-state index contributed by atoms with van der Waals surface area (Å²) >= 11 is 0. The van der Waals surface area contributed by atoms with Crippen molar-refractivity contribution in [1.29, 1.82) is 0 Å². The van der Waals surface area contributed by atoms with Gasteiger partial charge in [0, 0.05) is 11.7 Å². The second-order valence-electron chi connectivity index (χ2n) is 5.33. The summed E-state index contributed by atoms with van der Waals surface area (Å²) in [4.78, 5) is 0. The van der Waals surface area contributed by atoms with Gasteiger partial charge in [0.1, 0.15) is 11.5 Å². The molecule has 3 nitrogen and oxygen atoms in total. The molecule has 20 heavy (non-hydrogen) atoms. The average Bonchev–Trinajstić information content (AvgIpc) is 2.45. The molecular formula is C17H19NO2. The highest BCUT2D eigenvalue weighted by molar-refractivity contribution is 5.47. The molecule has 3 heteroatoms. The zero-order valence-corrected chi connectivity index (χ0v) is 11.5. The zero-order chi connectivity index (χ0) is 13.9. The monoisotopic (exact) mass is 269 g/mol. The molecule has 0 unspecified atom stereocenters. The number of hydrogen-bond acceptors (Lipinski definition) is 3. The van der Waals surface area contributed by atoms with E-state index >= 15 is 0 Å². The van der Waals surface area contributed by atoms with Crippen LogP contribution in [0.1, 0.15) is 24.3 Å². The minimum atomic E-state index is 0.306. The van der Waals surface area contributed by atoms with E-state index in [2.05, 4.69) is 17.4 Å². The molecule has 0 amide bonds. The van der Waals surface area contributed by atoms with Crippen LogP contribution in [0.3, 0.4) is 0 Å². The maximum absolute atomic E-state index is 9.26. The molecule has 1 fully saturated rings. The third-order valence-corrected chi connectivity index (χ3v) is 3.96. The Labute approximate surface area is 119 Å². The first-order valence-electron chi connectivity index (χ1n) is 6.94. The first-order chi connectivity index (χ1) is 9.74. The second-order valence-corrected chi connectivity index (χ2v) is 5.33. The summed E-state index contributed by atoms with van der Waals surface area (Å²) in [7, 11) is 1.69. The van der Waals surface area contributed by atoms with Gasteiger partial charge >= 0.3 is 0 Å². The van der Waals surface area contributed by atoms with E-state index in [9.17, 15) is 5.11 Å². The van der Waals surface area contributed by atoms with E-state index in [0.717, 1.165) is 24.3 Å². The van der Waals surface area contributed by atoms with Crippen molar-refractivity contribution in [2.24, 2.45) is 0 Å². The van der Waals surface area contributed by atoms with Crippen molar-refractivity contribution >= 4 is 5.69 Å². The summed E-state index contributed by atoms with van der Waals surface area (Å²) in [5.74, 6) is 1.85. The standard InChI is InChI=1S/C17H19NO2/c1-20-17-8-2-12(3-9-17)13-10-15(11-13)18-14-4-6-16(19)7-5-14/h2-9,13,15,18-19H,10-11H2,1H3. The number of phenolic OH excluding ortho intramolecular Hbond substituents is 1. The Morgan fingerprint density at radius 2 is 1.65 bits per heavy atom. The number of benzene rings is 2. The van der Waals surface area contributed by atoms with E-state index in [-0.39, 0.29) is 0 Å². The lowest BCUT2D eigenvalue weighted by Crippen LogP contribution is -2.33. The summed E-state index contributed by atoms with van der Waals surface area (Å²) in [5, 5.41) is 12.7. The number of methoxy groups -OCH3 is 1. The van der Waals surface area contributed by atoms with Crippen LogP contribution in [0.15, 0.2) is 48.5 Å². The summed E-state index contributed by atoms with van der Waals surface area (Å²) in [6, 6.07) is 16.1. The quantitative estimate of drug-likeness (QED) is 0.830. The fraction of sp³-hybridized carbons (Fsp3) is 0.294. The molecule has 1 saturated carbocycles. The van der Waals surface area contributed by atoms with E-state index in [1.165, 1.54) is 5.56 Å². The summed E-state index contributed by atoms with van der Waals surface area (Å²) in [6.07, 6.45) is 2.29. The maximum Gasteiger partial charge on any atom is 0.118 e. The number of rotatable bonds is 4. The Bertz CT molecular complexity index is 557. The van der Waals surface area contributed by atoms with Gasteiger partial charge in [-0.1, -0.05) is 12.1 Å². The van der Waals surface area contributed by atoms with Gasteiger partial charge in [-0.05, 0) is 60.7 Å². The normalized spacial score (nSPS) is 21.1. The van der Waals surface area contributed by atoms with Gasteiger partial charge in [0.15, 0.2) is 0 Å². The zero-order valence-electron chi connectivity index (χ0n) is 11.5. The molecule has 0 saturated heterocycles. The molecule has 2 N–H and O–H groups in total. The van der Waals surface area contributed by atoms with Gasteiger partial charge in [-0.2, -0.15) is 0 Å². The van der Waals surface area contributed by atoms with Crippen LogP contribution in [0.25, 0.3) is 0 Å². The van der Waals surface area contributed by atoms with Crippen LogP contribution in [0.4, 0.5) is 5.69 Å². The highest BCUT2D eigenvalue weighted by Crippen LogP contribution is 2.39. The predicted molar refractivity (Wildman–Crippen MR) is 80.5 cm³/mol. The number of ether oxygens (including phenoxy) is 1. The SMILES string of the molecule is COc1ccc(C2CC(Nc3ccc(O)cc3)C2)cc1. The molecule has 0 atom stereocenters. The highest BCUT2D eigenvalue weighted by Gasteiger charge is 2.30. The van der Waals surface area contributed by atoms with Gasteiger partial charge in [-0.15, -0.1) is 0 Å². The van der Waals surface area contributed by atoms with Crippen LogP contribution in [-0.4, -0.2) is 18.3 Å². The lowest BCUT2D eigenvalue weighted by Gasteiger charge is -2.37. The molecule has 1 aliphatic carbocycles. The van der Waals surface area contributed by atoms with Crippen molar-refractivity contribution in [3.8, 4) is 11.5 Å². The summed E-state index contributed by atoms with van der Waals surface area (Å²) < 4.78 is 5.18.